The number of nitrogens with one attached hydrogen (secondary N) is 1. The van der Waals surface area contributed by atoms with Crippen molar-refractivity contribution in [3.05, 3.63) is 35.3 Å². The minimum atomic E-state index is -1.02. The molecule has 2 rings (SSSR count). The van der Waals surface area contributed by atoms with Crippen molar-refractivity contribution in [1.82, 2.24) is 5.32 Å². The zero-order valence-electron chi connectivity index (χ0n) is 13.7. The first-order chi connectivity index (χ1) is 11.5. The summed E-state index contributed by atoms with van der Waals surface area (Å²) in [7, 11) is 0. The summed E-state index contributed by atoms with van der Waals surface area (Å²) >= 11 is 1.38. The number of dihydropyridines is 1. The molecule has 0 fully saturated rings. The average molecular weight is 348 g/mol. The van der Waals surface area contributed by atoms with Gasteiger partial charge in [0.2, 0.25) is 5.91 Å². The molecule has 1 amide bonds. The van der Waals surface area contributed by atoms with Crippen LogP contribution in [0.4, 0.5) is 0 Å². The number of ether oxygens (including phenoxy) is 1. The second-order valence-corrected chi connectivity index (χ2v) is 6.37. The molecule has 0 radical (unpaired) electrons. The minimum absolute atomic E-state index is 0.321. The summed E-state index contributed by atoms with van der Waals surface area (Å²) in [5.41, 5.74) is 0.768. The molecule has 2 atom stereocenters. The molecule has 7 heteroatoms. The highest BCUT2D eigenvalue weighted by molar-refractivity contribution is 8.04. The van der Waals surface area contributed by atoms with Crippen LogP contribution >= 0.6 is 11.8 Å². The van der Waals surface area contributed by atoms with Gasteiger partial charge in [0.05, 0.1) is 5.71 Å². The number of ketones is 1. The van der Waals surface area contributed by atoms with Crippen molar-refractivity contribution < 1.29 is 19.1 Å². The molecule has 0 aromatic rings. The van der Waals surface area contributed by atoms with Crippen molar-refractivity contribution in [2.75, 3.05) is 12.3 Å². The first-order valence-corrected chi connectivity index (χ1v) is 8.70. The first kappa shape index (κ1) is 18.2. The fourth-order valence-corrected chi connectivity index (χ4v) is 3.31. The molecule has 0 aliphatic carbocycles. The highest BCUT2D eigenvalue weighted by Gasteiger charge is 2.30. The maximum absolute atomic E-state index is 12.2. The van der Waals surface area contributed by atoms with Crippen LogP contribution in [0.5, 0.6) is 0 Å². The van der Waals surface area contributed by atoms with Crippen LogP contribution in [0.15, 0.2) is 40.3 Å². The highest BCUT2D eigenvalue weighted by atomic mass is 32.2. The Morgan fingerprint density at radius 1 is 1.46 bits per heavy atom. The number of aliphatic imine (C=N–C) groups is 1. The number of carbonyl (C=O) groups is 3. The first-order valence-electron chi connectivity index (χ1n) is 7.71. The van der Waals surface area contributed by atoms with Crippen LogP contribution in [0.2, 0.25) is 0 Å². The van der Waals surface area contributed by atoms with Crippen LogP contribution in [0.1, 0.15) is 20.3 Å². The van der Waals surface area contributed by atoms with Gasteiger partial charge in [-0.05, 0) is 31.6 Å². The lowest BCUT2D eigenvalue weighted by molar-refractivity contribution is -0.153. The van der Waals surface area contributed by atoms with Gasteiger partial charge in [-0.25, -0.2) is 4.79 Å². The topological polar surface area (TPSA) is 84.8 Å². The van der Waals surface area contributed by atoms with E-state index < -0.39 is 18.1 Å². The second kappa shape index (κ2) is 8.63. The Hall–Kier alpha value is -2.15. The summed E-state index contributed by atoms with van der Waals surface area (Å²) in [4.78, 5) is 40.9. The molecule has 2 aliphatic rings. The molecule has 24 heavy (non-hydrogen) atoms. The van der Waals surface area contributed by atoms with Gasteiger partial charge in [0.15, 0.2) is 11.9 Å². The predicted octanol–water partition coefficient (Wildman–Crippen LogP) is 1.58. The van der Waals surface area contributed by atoms with E-state index in [1.807, 2.05) is 12.2 Å². The van der Waals surface area contributed by atoms with Crippen molar-refractivity contribution in [1.29, 1.82) is 0 Å². The Bertz CT molecular complexity index is 649. The number of amides is 1. The Morgan fingerprint density at radius 2 is 2.25 bits per heavy atom. The molecule has 1 N–H and O–H groups in total. The monoisotopic (exact) mass is 348 g/mol. The van der Waals surface area contributed by atoms with Gasteiger partial charge in [-0.3, -0.25) is 14.6 Å². The second-order valence-electron chi connectivity index (χ2n) is 5.31. The maximum Gasteiger partial charge on any atom is 0.330 e. The predicted molar refractivity (Wildman–Crippen MR) is 93.9 cm³/mol. The largest absolute Gasteiger partial charge is 0.448 e. The number of nitrogens with zero attached hydrogens (tertiary/aromatic N) is 1. The minimum Gasteiger partial charge on any atom is -0.448 e. The Morgan fingerprint density at radius 3 is 2.88 bits per heavy atom. The van der Waals surface area contributed by atoms with Crippen molar-refractivity contribution in [2.24, 2.45) is 4.99 Å². The van der Waals surface area contributed by atoms with Crippen LogP contribution < -0.4 is 5.32 Å². The van der Waals surface area contributed by atoms with Crippen LogP contribution in [0.3, 0.4) is 0 Å². The Kier molecular flexibility index (Phi) is 6.54. The molecule has 6 nitrogen and oxygen atoms in total. The third kappa shape index (κ3) is 4.92. The summed E-state index contributed by atoms with van der Waals surface area (Å²) in [6.07, 6.45) is 8.36. The van der Waals surface area contributed by atoms with Gasteiger partial charge >= 0.3 is 5.97 Å². The molecule has 2 heterocycles. The van der Waals surface area contributed by atoms with Crippen molar-refractivity contribution >= 4 is 35.1 Å². The van der Waals surface area contributed by atoms with Crippen molar-refractivity contribution in [3.63, 3.8) is 0 Å². The van der Waals surface area contributed by atoms with Gasteiger partial charge in [0.25, 0.3) is 0 Å². The number of thioether (sulfide) groups is 1. The molecular weight excluding hydrogens is 328 g/mol. The van der Waals surface area contributed by atoms with Crippen LogP contribution in [-0.4, -0.2) is 47.8 Å². The fourth-order valence-electron chi connectivity index (χ4n) is 2.24. The molecule has 1 unspecified atom stereocenters. The average Bonchev–Trinajstić information content (AvgIpc) is 2.55. The molecule has 128 valence electrons. The normalized spacial score (nSPS) is 26.7. The molecule has 0 saturated carbocycles. The van der Waals surface area contributed by atoms with E-state index >= 15 is 0 Å². The summed E-state index contributed by atoms with van der Waals surface area (Å²) in [6, 6.07) is -0.801. The lowest BCUT2D eigenvalue weighted by Crippen LogP contribution is -2.45. The molecular formula is C17H20N2O4S. The summed E-state index contributed by atoms with van der Waals surface area (Å²) in [5, 5.41) is 2.57. The third-order valence-electron chi connectivity index (χ3n) is 3.33. The standard InChI is InChI=1S/C17H20N2O4S/c1-3-6-14(21)15-9-16(12-7-4-5-8-18-12)24-10-13(17(22)23-15)19-11(2)20/h3-4,6-7,9,13,15H,5,8,10H2,1-2H3,(H,19,20)/b6-3+,16-9-/t13-,15?/m0/s1. The maximum atomic E-state index is 12.2. The van der Waals surface area contributed by atoms with Crippen molar-refractivity contribution in [3.8, 4) is 0 Å². The fraction of sp³-hybridized carbons (Fsp3) is 0.412. The van der Waals surface area contributed by atoms with Crippen LogP contribution in [-0.2, 0) is 19.1 Å². The van der Waals surface area contributed by atoms with E-state index in [1.54, 1.807) is 19.1 Å². The van der Waals surface area contributed by atoms with E-state index in [0.717, 1.165) is 17.0 Å². The zero-order chi connectivity index (χ0) is 17.5. The number of carbonyl (C=O) groups excluding carboxylic acids is 3. The van der Waals surface area contributed by atoms with Crippen LogP contribution in [0, 0.1) is 0 Å². The van der Waals surface area contributed by atoms with E-state index in [-0.39, 0.29) is 11.7 Å². The quantitative estimate of drug-likeness (QED) is 0.616. The van der Waals surface area contributed by atoms with Crippen molar-refractivity contribution in [2.45, 2.75) is 32.4 Å². The summed E-state index contributed by atoms with van der Waals surface area (Å²) in [5.74, 6) is -0.943. The number of esters is 1. The molecule has 0 aromatic heterocycles. The highest BCUT2D eigenvalue weighted by Crippen LogP contribution is 2.25. The zero-order valence-corrected chi connectivity index (χ0v) is 14.5. The number of allylic oxidation sites excluding steroid dienone is 3. The third-order valence-corrected chi connectivity index (χ3v) is 4.49. The Balaban J connectivity index is 2.32. The molecule has 0 aromatic carbocycles. The lowest BCUT2D eigenvalue weighted by atomic mass is 10.1. The van der Waals surface area contributed by atoms with E-state index in [9.17, 15) is 14.4 Å². The molecule has 2 aliphatic heterocycles. The summed E-state index contributed by atoms with van der Waals surface area (Å²) in [6.45, 7) is 3.74. The summed E-state index contributed by atoms with van der Waals surface area (Å²) < 4.78 is 5.32. The van der Waals surface area contributed by atoms with E-state index in [1.165, 1.54) is 24.8 Å². The number of hydrogen-bond donors (Lipinski definition) is 1. The Labute approximate surface area is 145 Å². The van der Waals surface area contributed by atoms with Gasteiger partial charge in [0, 0.05) is 24.1 Å². The number of hydrogen-bond acceptors (Lipinski definition) is 6. The molecule has 0 saturated heterocycles. The van der Waals surface area contributed by atoms with Gasteiger partial charge in [-0.1, -0.05) is 12.2 Å². The van der Waals surface area contributed by atoms with Gasteiger partial charge < -0.3 is 10.1 Å². The van der Waals surface area contributed by atoms with Crippen LogP contribution in [0.25, 0.3) is 0 Å². The van der Waals surface area contributed by atoms with Gasteiger partial charge in [-0.15, -0.1) is 11.8 Å². The lowest BCUT2D eigenvalue weighted by Gasteiger charge is -2.24. The van der Waals surface area contributed by atoms with Gasteiger partial charge in [0.1, 0.15) is 6.04 Å². The molecule has 0 spiro atoms. The SMILES string of the molecule is C/C=C/C(=O)C1/C=C(/C2=NCCC=C2)SC[C@H](NC(C)=O)C(=O)O1. The number of rotatable bonds is 4. The van der Waals surface area contributed by atoms with E-state index in [2.05, 4.69) is 10.3 Å². The smallest absolute Gasteiger partial charge is 0.330 e. The van der Waals surface area contributed by atoms with E-state index in [4.69, 9.17) is 4.74 Å². The van der Waals surface area contributed by atoms with E-state index in [0.29, 0.717) is 12.3 Å². The number of cyclic esters (lactones) is 1. The molecule has 0 bridgehead atoms. The van der Waals surface area contributed by atoms with Gasteiger partial charge in [-0.2, -0.15) is 0 Å².